The van der Waals surface area contributed by atoms with E-state index in [9.17, 15) is 5.11 Å². The van der Waals surface area contributed by atoms with Crippen molar-refractivity contribution in [1.29, 1.82) is 0 Å². The first-order chi connectivity index (χ1) is 7.58. The van der Waals surface area contributed by atoms with E-state index < -0.39 is 0 Å². The molecule has 0 aliphatic carbocycles. The lowest BCUT2D eigenvalue weighted by atomic mass is 10.3. The Labute approximate surface area is 102 Å². The quantitative estimate of drug-likeness (QED) is 0.815. The highest BCUT2D eigenvalue weighted by atomic mass is 32.1. The first-order valence-electron chi connectivity index (χ1n) is 5.53. The van der Waals surface area contributed by atoms with Crippen molar-refractivity contribution in [3.05, 3.63) is 10.6 Å². The molecule has 5 heteroatoms. The molecule has 1 rings (SSSR count). The van der Waals surface area contributed by atoms with Crippen molar-refractivity contribution < 1.29 is 5.11 Å². The van der Waals surface area contributed by atoms with Gasteiger partial charge in [-0.05, 0) is 20.5 Å². The van der Waals surface area contributed by atoms with Gasteiger partial charge in [0.15, 0.2) is 5.13 Å². The highest BCUT2D eigenvalue weighted by molar-refractivity contribution is 7.15. The fraction of sp³-hybridized carbons (Fsp3) is 0.727. The first kappa shape index (κ1) is 13.4. The highest BCUT2D eigenvalue weighted by Crippen LogP contribution is 2.25. The van der Waals surface area contributed by atoms with Crippen molar-refractivity contribution in [3.63, 3.8) is 0 Å². The van der Waals surface area contributed by atoms with Crippen LogP contribution in [0.2, 0.25) is 0 Å². The van der Waals surface area contributed by atoms with Crippen LogP contribution in [0.25, 0.3) is 0 Å². The van der Waals surface area contributed by atoms with Gasteiger partial charge in [-0.15, -0.1) is 0 Å². The third-order valence-corrected chi connectivity index (χ3v) is 3.65. The summed E-state index contributed by atoms with van der Waals surface area (Å²) in [5, 5.41) is 10.2. The summed E-state index contributed by atoms with van der Waals surface area (Å²) in [6.45, 7) is 4.13. The summed E-state index contributed by atoms with van der Waals surface area (Å²) in [4.78, 5) is 9.83. The lowest BCUT2D eigenvalue weighted by Crippen LogP contribution is -2.28. The van der Waals surface area contributed by atoms with Gasteiger partial charge in [0.2, 0.25) is 0 Å². The van der Waals surface area contributed by atoms with E-state index in [-0.39, 0.29) is 6.61 Å². The second-order valence-corrected chi connectivity index (χ2v) is 5.16. The van der Waals surface area contributed by atoms with Crippen molar-refractivity contribution in [1.82, 2.24) is 9.88 Å². The molecule has 16 heavy (non-hydrogen) atoms. The second kappa shape index (κ2) is 6.18. The standard InChI is InChI=1S/C11H21N3OS/c1-5-9-10(8-15)16-11(12-9)14(4)7-6-13(2)3/h15H,5-8H2,1-4H3. The van der Waals surface area contributed by atoms with Gasteiger partial charge < -0.3 is 14.9 Å². The van der Waals surface area contributed by atoms with Gasteiger partial charge in [-0.25, -0.2) is 4.98 Å². The summed E-state index contributed by atoms with van der Waals surface area (Å²) in [6.07, 6.45) is 0.883. The molecule has 1 aromatic heterocycles. The summed E-state index contributed by atoms with van der Waals surface area (Å²) in [5.41, 5.74) is 1.03. The number of aryl methyl sites for hydroxylation is 1. The van der Waals surface area contributed by atoms with Crippen LogP contribution in [0.5, 0.6) is 0 Å². The van der Waals surface area contributed by atoms with E-state index in [0.717, 1.165) is 35.2 Å². The van der Waals surface area contributed by atoms with Crippen LogP contribution >= 0.6 is 11.3 Å². The van der Waals surface area contributed by atoms with Gasteiger partial charge in [-0.2, -0.15) is 0 Å². The summed E-state index contributed by atoms with van der Waals surface area (Å²) in [7, 11) is 6.17. The van der Waals surface area contributed by atoms with E-state index in [1.165, 1.54) is 0 Å². The molecule has 0 aliphatic heterocycles. The van der Waals surface area contributed by atoms with Gasteiger partial charge in [-0.3, -0.25) is 0 Å². The molecule has 0 unspecified atom stereocenters. The molecule has 92 valence electrons. The van der Waals surface area contributed by atoms with E-state index in [1.54, 1.807) is 11.3 Å². The first-order valence-corrected chi connectivity index (χ1v) is 6.35. The van der Waals surface area contributed by atoms with E-state index in [0.29, 0.717) is 0 Å². The monoisotopic (exact) mass is 243 g/mol. The molecule has 0 atom stereocenters. The number of rotatable bonds is 6. The lowest BCUT2D eigenvalue weighted by Gasteiger charge is -2.18. The zero-order valence-corrected chi connectivity index (χ0v) is 11.3. The van der Waals surface area contributed by atoms with Gasteiger partial charge in [0.05, 0.1) is 17.2 Å². The summed E-state index contributed by atoms with van der Waals surface area (Å²) in [6, 6.07) is 0. The van der Waals surface area contributed by atoms with Crippen LogP contribution in [0, 0.1) is 0 Å². The van der Waals surface area contributed by atoms with Crippen molar-refractivity contribution in [2.75, 3.05) is 39.1 Å². The van der Waals surface area contributed by atoms with Crippen LogP contribution < -0.4 is 4.90 Å². The Kier molecular flexibility index (Phi) is 5.18. The minimum atomic E-state index is 0.0996. The molecule has 0 saturated carbocycles. The van der Waals surface area contributed by atoms with Gasteiger partial charge in [0.25, 0.3) is 0 Å². The maximum atomic E-state index is 9.21. The van der Waals surface area contributed by atoms with Crippen LogP contribution in [0.1, 0.15) is 17.5 Å². The van der Waals surface area contributed by atoms with Crippen molar-refractivity contribution in [3.8, 4) is 0 Å². The SMILES string of the molecule is CCc1nc(N(C)CCN(C)C)sc1CO. The summed E-state index contributed by atoms with van der Waals surface area (Å²) >= 11 is 1.59. The lowest BCUT2D eigenvalue weighted by molar-refractivity contribution is 0.284. The largest absolute Gasteiger partial charge is 0.391 e. The van der Waals surface area contributed by atoms with Crippen molar-refractivity contribution in [2.24, 2.45) is 0 Å². The number of anilines is 1. The maximum absolute atomic E-state index is 9.21. The normalized spacial score (nSPS) is 11.1. The second-order valence-electron chi connectivity index (χ2n) is 4.10. The van der Waals surface area contributed by atoms with Gasteiger partial charge in [-0.1, -0.05) is 18.3 Å². The van der Waals surface area contributed by atoms with Crippen molar-refractivity contribution in [2.45, 2.75) is 20.0 Å². The fourth-order valence-corrected chi connectivity index (χ4v) is 2.37. The van der Waals surface area contributed by atoms with Gasteiger partial charge >= 0.3 is 0 Å². The summed E-state index contributed by atoms with van der Waals surface area (Å²) in [5.74, 6) is 0. The number of likely N-dealkylation sites (N-methyl/N-ethyl adjacent to an activating group) is 2. The molecule has 1 heterocycles. The topological polar surface area (TPSA) is 39.6 Å². The molecule has 0 aliphatic rings. The zero-order chi connectivity index (χ0) is 12.1. The molecule has 1 aromatic rings. The van der Waals surface area contributed by atoms with Crippen LogP contribution in [0.3, 0.4) is 0 Å². The molecule has 0 amide bonds. The Hall–Kier alpha value is -0.650. The predicted octanol–water partition coefficient (Wildman–Crippen LogP) is 1.20. The molecular weight excluding hydrogens is 222 g/mol. The fourth-order valence-electron chi connectivity index (χ4n) is 1.38. The molecule has 0 fully saturated rings. The zero-order valence-electron chi connectivity index (χ0n) is 10.5. The Morgan fingerprint density at radius 1 is 1.25 bits per heavy atom. The number of hydrogen-bond donors (Lipinski definition) is 1. The Balaban J connectivity index is 2.68. The minimum absolute atomic E-state index is 0.0996. The minimum Gasteiger partial charge on any atom is -0.391 e. The van der Waals surface area contributed by atoms with E-state index in [1.807, 2.05) is 7.05 Å². The van der Waals surface area contributed by atoms with E-state index >= 15 is 0 Å². The number of thiazole rings is 1. The average molecular weight is 243 g/mol. The van der Waals surface area contributed by atoms with Gasteiger partial charge in [0.1, 0.15) is 0 Å². The average Bonchev–Trinajstić information content (AvgIpc) is 2.68. The number of hydrogen-bond acceptors (Lipinski definition) is 5. The van der Waals surface area contributed by atoms with Crippen LogP contribution in [0.4, 0.5) is 5.13 Å². The Morgan fingerprint density at radius 2 is 1.94 bits per heavy atom. The van der Waals surface area contributed by atoms with E-state index in [4.69, 9.17) is 0 Å². The highest BCUT2D eigenvalue weighted by Gasteiger charge is 2.11. The Morgan fingerprint density at radius 3 is 2.38 bits per heavy atom. The van der Waals surface area contributed by atoms with Crippen LogP contribution in [-0.2, 0) is 13.0 Å². The number of aromatic nitrogens is 1. The number of nitrogens with zero attached hydrogens (tertiary/aromatic N) is 3. The predicted molar refractivity (Wildman–Crippen MR) is 69.2 cm³/mol. The molecule has 0 radical (unpaired) electrons. The molecule has 0 saturated heterocycles. The third-order valence-electron chi connectivity index (χ3n) is 2.45. The summed E-state index contributed by atoms with van der Waals surface area (Å²) < 4.78 is 0. The van der Waals surface area contributed by atoms with Gasteiger partial charge in [0, 0.05) is 20.1 Å². The van der Waals surface area contributed by atoms with Crippen LogP contribution in [0.15, 0.2) is 0 Å². The maximum Gasteiger partial charge on any atom is 0.185 e. The number of aliphatic hydroxyl groups excluding tert-OH is 1. The van der Waals surface area contributed by atoms with Crippen LogP contribution in [-0.4, -0.2) is 49.2 Å². The molecule has 1 N–H and O–H groups in total. The number of aliphatic hydroxyl groups is 1. The third kappa shape index (κ3) is 3.43. The molecule has 0 spiro atoms. The smallest absolute Gasteiger partial charge is 0.185 e. The van der Waals surface area contributed by atoms with E-state index in [2.05, 4.69) is 35.8 Å². The van der Waals surface area contributed by atoms with Crippen molar-refractivity contribution >= 4 is 16.5 Å². The molecule has 0 aromatic carbocycles. The molecular formula is C11H21N3OS. The molecule has 0 bridgehead atoms. The molecule has 4 nitrogen and oxygen atoms in total. The Bertz CT molecular complexity index is 304.